The summed E-state index contributed by atoms with van der Waals surface area (Å²) in [6.07, 6.45) is 0.0970. The zero-order valence-corrected chi connectivity index (χ0v) is 8.55. The number of methoxy groups -OCH3 is 1. The molecule has 0 spiro atoms. The molecule has 0 fully saturated rings. The van der Waals surface area contributed by atoms with Crippen LogP contribution < -0.4 is 4.74 Å². The number of carbonyl (C=O) groups excluding carboxylic acids is 1. The highest BCUT2D eigenvalue weighted by atomic mass is 19.1. The number of allylic oxidation sites excluding steroid dienone is 1. The first-order valence-electron chi connectivity index (χ1n) is 4.41. The average molecular weight is 207 g/mol. The van der Waals surface area contributed by atoms with E-state index in [0.29, 0.717) is 16.9 Å². The van der Waals surface area contributed by atoms with Crippen molar-refractivity contribution < 1.29 is 13.9 Å². The average Bonchev–Trinajstić information content (AvgIpc) is 2.16. The van der Waals surface area contributed by atoms with Crippen LogP contribution >= 0.6 is 0 Å². The van der Waals surface area contributed by atoms with Crippen LogP contribution in [0.3, 0.4) is 0 Å². The van der Waals surface area contributed by atoms with Gasteiger partial charge in [-0.25, -0.2) is 4.39 Å². The van der Waals surface area contributed by atoms with Gasteiger partial charge in [0.25, 0.3) is 0 Å². The topological polar surface area (TPSA) is 26.3 Å². The minimum atomic E-state index is -0.386. The van der Waals surface area contributed by atoms with Gasteiger partial charge in [0.05, 0.1) is 7.11 Å². The van der Waals surface area contributed by atoms with Gasteiger partial charge in [0, 0.05) is 18.9 Å². The normalized spacial score (nSPS) is 9.80. The van der Waals surface area contributed by atoms with Gasteiger partial charge >= 0.3 is 0 Å². The van der Waals surface area contributed by atoms with Gasteiger partial charge in [0.15, 0.2) is 0 Å². The third-order valence-corrected chi connectivity index (χ3v) is 1.95. The summed E-state index contributed by atoms with van der Waals surface area (Å²) >= 11 is 0. The number of hydrogen-bond donors (Lipinski definition) is 0. The Balaban J connectivity index is 3.05. The van der Waals surface area contributed by atoms with Crippen LogP contribution in [0, 0.1) is 12.7 Å². The molecule has 1 radical (unpaired) electrons. The second kappa shape index (κ2) is 4.73. The van der Waals surface area contributed by atoms with Crippen LogP contribution in [0.5, 0.6) is 5.75 Å². The van der Waals surface area contributed by atoms with Crippen LogP contribution in [-0.4, -0.2) is 12.9 Å². The van der Waals surface area contributed by atoms with E-state index in [0.717, 1.165) is 0 Å². The largest absolute Gasteiger partial charge is 0.496 e. The fourth-order valence-corrected chi connectivity index (χ4v) is 1.29. The lowest BCUT2D eigenvalue weighted by atomic mass is 10.0. The lowest BCUT2D eigenvalue weighted by Gasteiger charge is -2.09. The monoisotopic (exact) mass is 207 g/mol. The predicted molar refractivity (Wildman–Crippen MR) is 57.0 cm³/mol. The van der Waals surface area contributed by atoms with E-state index in [-0.39, 0.29) is 18.0 Å². The summed E-state index contributed by atoms with van der Waals surface area (Å²) in [6, 6.07) is 4.09. The molecule has 0 unspecified atom stereocenters. The first-order valence-corrected chi connectivity index (χ1v) is 4.41. The highest BCUT2D eigenvalue weighted by molar-refractivity contribution is 5.93. The Morgan fingerprint density at radius 3 is 2.73 bits per heavy atom. The van der Waals surface area contributed by atoms with Gasteiger partial charge in [-0.1, -0.05) is 6.58 Å². The molecule has 0 atom stereocenters. The maximum Gasteiger partial charge on any atom is 0.137 e. The zero-order valence-electron chi connectivity index (χ0n) is 8.55. The fourth-order valence-electron chi connectivity index (χ4n) is 1.29. The zero-order chi connectivity index (χ0) is 11.4. The van der Waals surface area contributed by atoms with Crippen molar-refractivity contribution >= 4 is 11.4 Å². The van der Waals surface area contributed by atoms with Crippen molar-refractivity contribution in [3.8, 4) is 5.75 Å². The van der Waals surface area contributed by atoms with Crippen LogP contribution in [0.25, 0.3) is 5.57 Å². The molecular weight excluding hydrogens is 195 g/mol. The van der Waals surface area contributed by atoms with E-state index in [1.807, 2.05) is 0 Å². The van der Waals surface area contributed by atoms with E-state index in [1.165, 1.54) is 25.3 Å². The molecule has 0 heterocycles. The summed E-state index contributed by atoms with van der Waals surface area (Å²) in [6.45, 7) is 6.95. The molecule has 0 bridgehead atoms. The van der Waals surface area contributed by atoms with Crippen LogP contribution in [0.15, 0.2) is 24.8 Å². The van der Waals surface area contributed by atoms with E-state index in [2.05, 4.69) is 13.5 Å². The highest BCUT2D eigenvalue weighted by Crippen LogP contribution is 2.27. The van der Waals surface area contributed by atoms with Crippen molar-refractivity contribution in [3.63, 3.8) is 0 Å². The van der Waals surface area contributed by atoms with Crippen molar-refractivity contribution in [1.82, 2.24) is 0 Å². The highest BCUT2D eigenvalue weighted by Gasteiger charge is 2.09. The second-order valence-corrected chi connectivity index (χ2v) is 3.16. The standard InChI is InChI=1S/C12H12FO2/c1-8(6-9(2)14)11-7-10(13)4-5-12(11)15-3/h4-5,7H,1-2,6H2,3H3. The summed E-state index contributed by atoms with van der Waals surface area (Å²) in [4.78, 5) is 10.8. The quantitative estimate of drug-likeness (QED) is 0.758. The molecule has 0 saturated carbocycles. The van der Waals surface area contributed by atoms with Gasteiger partial charge in [-0.05, 0) is 23.8 Å². The first kappa shape index (κ1) is 11.4. The smallest absolute Gasteiger partial charge is 0.137 e. The van der Waals surface area contributed by atoms with Crippen LogP contribution in [0.1, 0.15) is 12.0 Å². The molecule has 79 valence electrons. The summed E-state index contributed by atoms with van der Waals surface area (Å²) in [5, 5.41) is 0. The van der Waals surface area contributed by atoms with Crippen LogP contribution in [-0.2, 0) is 4.79 Å². The molecule has 0 aromatic heterocycles. The minimum absolute atomic E-state index is 0.0970. The summed E-state index contributed by atoms with van der Waals surface area (Å²) in [5.41, 5.74) is 1.01. The molecule has 0 aliphatic carbocycles. The van der Waals surface area contributed by atoms with Gasteiger partial charge in [-0.2, -0.15) is 0 Å². The lowest BCUT2D eigenvalue weighted by Crippen LogP contribution is -1.96. The number of ether oxygens (including phenoxy) is 1. The van der Waals surface area contributed by atoms with Crippen molar-refractivity contribution in [2.75, 3.05) is 7.11 Å². The summed E-state index contributed by atoms with van der Waals surface area (Å²) in [7, 11) is 1.48. The molecule has 0 aliphatic rings. The third kappa shape index (κ3) is 2.91. The number of carbonyl (C=O) groups is 1. The van der Waals surface area contributed by atoms with Gasteiger partial charge in [-0.3, -0.25) is 4.79 Å². The Bertz CT molecular complexity index is 397. The molecule has 1 aromatic rings. The molecular formula is C12H12FO2. The maximum atomic E-state index is 13.0. The van der Waals surface area contributed by atoms with Crippen molar-refractivity contribution in [3.05, 3.63) is 43.1 Å². The molecule has 0 N–H and O–H groups in total. The third-order valence-electron chi connectivity index (χ3n) is 1.95. The van der Waals surface area contributed by atoms with Gasteiger partial charge < -0.3 is 4.74 Å². The van der Waals surface area contributed by atoms with Gasteiger partial charge in [-0.15, -0.1) is 0 Å². The molecule has 2 nitrogen and oxygen atoms in total. The van der Waals surface area contributed by atoms with Gasteiger partial charge in [0.2, 0.25) is 0 Å². The van der Waals surface area contributed by atoms with E-state index in [4.69, 9.17) is 4.74 Å². The number of rotatable bonds is 4. The Hall–Kier alpha value is -1.64. The number of Topliss-reactive ketones (excluding diaryl/α,β-unsaturated/α-hetero) is 1. The van der Waals surface area contributed by atoms with E-state index in [1.54, 1.807) is 0 Å². The van der Waals surface area contributed by atoms with Crippen molar-refractivity contribution in [2.24, 2.45) is 0 Å². The van der Waals surface area contributed by atoms with Crippen molar-refractivity contribution in [2.45, 2.75) is 6.42 Å². The molecule has 3 heteroatoms. The molecule has 0 saturated heterocycles. The number of hydrogen-bond acceptors (Lipinski definition) is 2. The summed E-state index contributed by atoms with van der Waals surface area (Å²) < 4.78 is 18.0. The fraction of sp³-hybridized carbons (Fsp3) is 0.167. The van der Waals surface area contributed by atoms with E-state index in [9.17, 15) is 9.18 Å². The maximum absolute atomic E-state index is 13.0. The van der Waals surface area contributed by atoms with Crippen molar-refractivity contribution in [1.29, 1.82) is 0 Å². The molecule has 15 heavy (non-hydrogen) atoms. The van der Waals surface area contributed by atoms with Crippen LogP contribution in [0.4, 0.5) is 4.39 Å². The Labute approximate surface area is 88.4 Å². The lowest BCUT2D eigenvalue weighted by molar-refractivity contribution is -0.113. The first-order chi connectivity index (χ1) is 7.04. The molecule has 0 amide bonds. The molecule has 1 aromatic carbocycles. The Morgan fingerprint density at radius 1 is 1.53 bits per heavy atom. The minimum Gasteiger partial charge on any atom is -0.496 e. The second-order valence-electron chi connectivity index (χ2n) is 3.16. The van der Waals surface area contributed by atoms with Gasteiger partial charge in [0.1, 0.15) is 17.3 Å². The molecule has 1 rings (SSSR count). The predicted octanol–water partition coefficient (Wildman–Crippen LogP) is 2.64. The number of benzene rings is 1. The van der Waals surface area contributed by atoms with Crippen LogP contribution in [0.2, 0.25) is 0 Å². The Kier molecular flexibility index (Phi) is 3.61. The summed E-state index contributed by atoms with van der Waals surface area (Å²) in [5.74, 6) is -0.141. The number of halogens is 1. The van der Waals surface area contributed by atoms with E-state index < -0.39 is 0 Å². The number of ketones is 1. The SMILES string of the molecule is [CH2]C(=O)CC(=C)c1cc(F)ccc1OC. The Morgan fingerprint density at radius 2 is 2.20 bits per heavy atom. The molecule has 0 aliphatic heterocycles. The van der Waals surface area contributed by atoms with E-state index >= 15 is 0 Å².